The summed E-state index contributed by atoms with van der Waals surface area (Å²) in [5, 5.41) is 2.49. The van der Waals surface area contributed by atoms with Gasteiger partial charge in [0.15, 0.2) is 0 Å². The fraction of sp³-hybridized carbons (Fsp3) is 0.227. The first-order chi connectivity index (χ1) is 14.0. The number of imide groups is 1. The standard InChI is InChI=1S/C22H19FN2O3S/c23-17-8-6-15(7-9-17)14-18-19(26)25(21(28)29-18)13-12-24-20(27)22(10-11-22)16-4-2-1-3-5-16/h1-9,14H,10-13H2,(H,24,27)/b18-14-. The lowest BCUT2D eigenvalue weighted by Crippen LogP contribution is -2.41. The number of hydrogen-bond donors (Lipinski definition) is 1. The van der Waals surface area contributed by atoms with Gasteiger partial charge in [0.2, 0.25) is 5.91 Å². The third-order valence-electron chi connectivity index (χ3n) is 5.17. The number of rotatable bonds is 6. The van der Waals surface area contributed by atoms with Gasteiger partial charge in [-0.1, -0.05) is 42.5 Å². The molecule has 2 aromatic carbocycles. The van der Waals surface area contributed by atoms with Crippen molar-refractivity contribution in [3.8, 4) is 0 Å². The Bertz CT molecular complexity index is 985. The van der Waals surface area contributed by atoms with E-state index in [1.807, 2.05) is 30.3 Å². The number of carbonyl (C=O) groups excluding carboxylic acids is 3. The highest BCUT2D eigenvalue weighted by atomic mass is 32.2. The number of halogens is 1. The molecule has 1 saturated carbocycles. The predicted molar refractivity (Wildman–Crippen MR) is 109 cm³/mol. The highest BCUT2D eigenvalue weighted by Gasteiger charge is 2.51. The highest BCUT2D eigenvalue weighted by Crippen LogP contribution is 2.48. The van der Waals surface area contributed by atoms with E-state index < -0.39 is 11.3 Å². The van der Waals surface area contributed by atoms with Crippen LogP contribution in [0.25, 0.3) is 6.08 Å². The zero-order chi connectivity index (χ0) is 20.4. The minimum Gasteiger partial charge on any atom is -0.354 e. The Morgan fingerprint density at radius 2 is 1.79 bits per heavy atom. The first-order valence-electron chi connectivity index (χ1n) is 9.34. The Morgan fingerprint density at radius 1 is 1.10 bits per heavy atom. The summed E-state index contributed by atoms with van der Waals surface area (Å²) in [7, 11) is 0. The molecule has 3 amide bonds. The van der Waals surface area contributed by atoms with Gasteiger partial charge >= 0.3 is 0 Å². The minimum absolute atomic E-state index is 0.0717. The van der Waals surface area contributed by atoms with Gasteiger partial charge in [0.25, 0.3) is 11.1 Å². The molecule has 2 aromatic rings. The van der Waals surface area contributed by atoms with Gasteiger partial charge in [-0.05, 0) is 53.9 Å². The molecule has 1 heterocycles. The molecule has 1 saturated heterocycles. The van der Waals surface area contributed by atoms with Gasteiger partial charge in [0, 0.05) is 13.1 Å². The van der Waals surface area contributed by atoms with Crippen LogP contribution in [0.2, 0.25) is 0 Å². The van der Waals surface area contributed by atoms with E-state index in [1.165, 1.54) is 12.1 Å². The average molecular weight is 410 g/mol. The molecular formula is C22H19FN2O3S. The van der Waals surface area contributed by atoms with Crippen LogP contribution in [-0.2, 0) is 15.0 Å². The maximum atomic E-state index is 13.0. The number of benzene rings is 2. The molecule has 7 heteroatoms. The zero-order valence-electron chi connectivity index (χ0n) is 15.6. The number of amides is 3. The van der Waals surface area contributed by atoms with Crippen molar-refractivity contribution in [1.82, 2.24) is 10.2 Å². The highest BCUT2D eigenvalue weighted by molar-refractivity contribution is 8.18. The molecule has 2 aliphatic rings. The first-order valence-corrected chi connectivity index (χ1v) is 10.2. The van der Waals surface area contributed by atoms with Gasteiger partial charge in [-0.2, -0.15) is 0 Å². The van der Waals surface area contributed by atoms with E-state index in [4.69, 9.17) is 0 Å². The molecule has 148 valence electrons. The largest absolute Gasteiger partial charge is 0.354 e. The molecule has 1 aliphatic carbocycles. The van der Waals surface area contributed by atoms with Gasteiger partial charge in [-0.25, -0.2) is 4.39 Å². The molecular weight excluding hydrogens is 391 g/mol. The SMILES string of the molecule is O=C1S/C(=C\c2ccc(F)cc2)C(=O)N1CCNC(=O)C1(c2ccccc2)CC1. The van der Waals surface area contributed by atoms with Crippen molar-refractivity contribution in [1.29, 1.82) is 0 Å². The van der Waals surface area contributed by atoms with Crippen molar-refractivity contribution < 1.29 is 18.8 Å². The van der Waals surface area contributed by atoms with Gasteiger partial charge in [0.05, 0.1) is 10.3 Å². The van der Waals surface area contributed by atoms with Crippen LogP contribution in [0.1, 0.15) is 24.0 Å². The summed E-state index contributed by atoms with van der Waals surface area (Å²) in [5.41, 5.74) is 1.15. The zero-order valence-corrected chi connectivity index (χ0v) is 16.4. The van der Waals surface area contributed by atoms with Crippen molar-refractivity contribution in [3.63, 3.8) is 0 Å². The van der Waals surface area contributed by atoms with E-state index in [1.54, 1.807) is 18.2 Å². The predicted octanol–water partition coefficient (Wildman–Crippen LogP) is 3.71. The molecule has 0 radical (unpaired) electrons. The first kappa shape index (κ1) is 19.4. The molecule has 0 atom stereocenters. The lowest BCUT2D eigenvalue weighted by molar-refractivity contribution is -0.125. The summed E-state index contributed by atoms with van der Waals surface area (Å²) < 4.78 is 13.0. The third kappa shape index (κ3) is 3.96. The van der Waals surface area contributed by atoms with Crippen LogP contribution < -0.4 is 5.32 Å². The van der Waals surface area contributed by atoms with Crippen molar-refractivity contribution in [2.45, 2.75) is 18.3 Å². The van der Waals surface area contributed by atoms with E-state index >= 15 is 0 Å². The Morgan fingerprint density at radius 3 is 2.45 bits per heavy atom. The fourth-order valence-electron chi connectivity index (χ4n) is 3.38. The van der Waals surface area contributed by atoms with E-state index in [0.717, 1.165) is 35.1 Å². The average Bonchev–Trinajstić information content (AvgIpc) is 3.50. The molecule has 0 spiro atoms. The summed E-state index contributed by atoms with van der Waals surface area (Å²) in [5.74, 6) is -0.838. The Hall–Kier alpha value is -2.93. The Labute approximate surface area is 172 Å². The van der Waals surface area contributed by atoms with E-state index in [-0.39, 0.29) is 35.0 Å². The second kappa shape index (κ2) is 7.83. The monoisotopic (exact) mass is 410 g/mol. The number of carbonyl (C=O) groups is 3. The topological polar surface area (TPSA) is 66.5 Å². The van der Waals surface area contributed by atoms with Crippen LogP contribution in [0.4, 0.5) is 9.18 Å². The molecule has 0 unspecified atom stereocenters. The molecule has 0 aromatic heterocycles. The molecule has 0 bridgehead atoms. The van der Waals surface area contributed by atoms with Crippen LogP contribution in [0.3, 0.4) is 0 Å². The molecule has 1 N–H and O–H groups in total. The summed E-state index contributed by atoms with van der Waals surface area (Å²) >= 11 is 0.847. The van der Waals surface area contributed by atoms with Crippen LogP contribution in [-0.4, -0.2) is 35.0 Å². The van der Waals surface area contributed by atoms with E-state index in [0.29, 0.717) is 5.56 Å². The molecule has 5 nitrogen and oxygen atoms in total. The van der Waals surface area contributed by atoms with E-state index in [9.17, 15) is 18.8 Å². The summed E-state index contributed by atoms with van der Waals surface area (Å²) in [6.45, 7) is 0.317. The van der Waals surface area contributed by atoms with Crippen LogP contribution in [0, 0.1) is 5.82 Å². The van der Waals surface area contributed by atoms with Gasteiger partial charge in [-0.15, -0.1) is 0 Å². The number of nitrogens with zero attached hydrogens (tertiary/aromatic N) is 1. The number of thioether (sulfide) groups is 1. The van der Waals surface area contributed by atoms with Crippen LogP contribution >= 0.6 is 11.8 Å². The van der Waals surface area contributed by atoms with Crippen molar-refractivity contribution in [2.75, 3.05) is 13.1 Å². The molecule has 4 rings (SSSR count). The molecule has 2 fully saturated rings. The lowest BCUT2D eigenvalue weighted by atomic mass is 9.95. The summed E-state index contributed by atoms with van der Waals surface area (Å²) in [6.07, 6.45) is 3.16. The second-order valence-electron chi connectivity index (χ2n) is 7.09. The maximum absolute atomic E-state index is 13.0. The van der Waals surface area contributed by atoms with Crippen molar-refractivity contribution >= 4 is 34.9 Å². The summed E-state index contributed by atoms with van der Waals surface area (Å²) in [4.78, 5) is 38.8. The molecule has 29 heavy (non-hydrogen) atoms. The summed E-state index contributed by atoms with van der Waals surface area (Å²) in [6, 6.07) is 15.3. The Kier molecular flexibility index (Phi) is 5.24. The van der Waals surface area contributed by atoms with Crippen LogP contribution in [0.5, 0.6) is 0 Å². The maximum Gasteiger partial charge on any atom is 0.293 e. The van der Waals surface area contributed by atoms with E-state index in [2.05, 4.69) is 5.32 Å². The smallest absolute Gasteiger partial charge is 0.293 e. The lowest BCUT2D eigenvalue weighted by Gasteiger charge is -2.17. The number of hydrogen-bond acceptors (Lipinski definition) is 4. The Balaban J connectivity index is 1.35. The van der Waals surface area contributed by atoms with Crippen molar-refractivity contribution in [3.05, 3.63) is 76.4 Å². The minimum atomic E-state index is -0.483. The van der Waals surface area contributed by atoms with Crippen LogP contribution in [0.15, 0.2) is 59.5 Å². The van der Waals surface area contributed by atoms with Gasteiger partial charge in [-0.3, -0.25) is 19.3 Å². The number of nitrogens with one attached hydrogen (secondary N) is 1. The van der Waals surface area contributed by atoms with Gasteiger partial charge < -0.3 is 5.32 Å². The second-order valence-corrected chi connectivity index (χ2v) is 8.08. The third-order valence-corrected chi connectivity index (χ3v) is 6.08. The molecule has 1 aliphatic heterocycles. The van der Waals surface area contributed by atoms with Crippen molar-refractivity contribution in [2.24, 2.45) is 0 Å². The normalized spacial score (nSPS) is 18.9. The fourth-order valence-corrected chi connectivity index (χ4v) is 4.25. The van der Waals surface area contributed by atoms with Gasteiger partial charge in [0.1, 0.15) is 5.82 Å². The quantitative estimate of drug-likeness (QED) is 0.738.